The number of hydrogen-bond acceptors (Lipinski definition) is 2. The van der Waals surface area contributed by atoms with Crippen LogP contribution in [0.3, 0.4) is 0 Å². The number of halogens is 1. The Balaban J connectivity index is 1.69. The van der Waals surface area contributed by atoms with E-state index >= 15 is 0 Å². The summed E-state index contributed by atoms with van der Waals surface area (Å²) in [6.07, 6.45) is 1.91. The minimum absolute atomic E-state index is 0.246. The summed E-state index contributed by atoms with van der Waals surface area (Å²) in [5.74, 6) is -0.246. The van der Waals surface area contributed by atoms with Crippen molar-refractivity contribution in [2.75, 3.05) is 5.32 Å². The number of anilines is 1. The second-order valence-electron chi connectivity index (χ2n) is 4.45. The summed E-state index contributed by atoms with van der Waals surface area (Å²) < 4.78 is 14.9. The molecule has 100 valence electrons. The number of rotatable bonds is 4. The van der Waals surface area contributed by atoms with Gasteiger partial charge >= 0.3 is 0 Å². The number of nitrogens with zero attached hydrogens (tertiary/aromatic N) is 2. The Morgan fingerprint density at radius 2 is 1.85 bits per heavy atom. The van der Waals surface area contributed by atoms with E-state index in [1.54, 1.807) is 6.07 Å². The van der Waals surface area contributed by atoms with Gasteiger partial charge in [-0.05, 0) is 36.4 Å². The molecule has 0 spiro atoms. The lowest BCUT2D eigenvalue weighted by Gasteiger charge is -2.04. The lowest BCUT2D eigenvalue weighted by molar-refractivity contribution is 0.628. The highest BCUT2D eigenvalue weighted by Gasteiger charge is 2.01. The van der Waals surface area contributed by atoms with Crippen LogP contribution in [0.4, 0.5) is 10.1 Å². The molecule has 0 amide bonds. The summed E-state index contributed by atoms with van der Waals surface area (Å²) in [6, 6.07) is 18.3. The van der Waals surface area contributed by atoms with Crippen LogP contribution in [0.15, 0.2) is 66.9 Å². The smallest absolute Gasteiger partial charge is 0.125 e. The van der Waals surface area contributed by atoms with E-state index in [4.69, 9.17) is 0 Å². The molecule has 3 rings (SSSR count). The van der Waals surface area contributed by atoms with Crippen molar-refractivity contribution < 1.29 is 4.39 Å². The Hall–Kier alpha value is -2.62. The molecule has 0 bridgehead atoms. The number of aromatic nitrogens is 2. The van der Waals surface area contributed by atoms with Crippen molar-refractivity contribution in [2.24, 2.45) is 0 Å². The topological polar surface area (TPSA) is 29.9 Å². The highest BCUT2D eigenvalue weighted by Crippen LogP contribution is 2.11. The molecule has 1 N–H and O–H groups in total. The van der Waals surface area contributed by atoms with Gasteiger partial charge in [-0.3, -0.25) is 0 Å². The number of benzene rings is 2. The Labute approximate surface area is 116 Å². The van der Waals surface area contributed by atoms with Crippen LogP contribution in [0.2, 0.25) is 0 Å². The quantitative estimate of drug-likeness (QED) is 0.782. The van der Waals surface area contributed by atoms with E-state index in [-0.39, 0.29) is 5.82 Å². The maximum atomic E-state index is 13.1. The van der Waals surface area contributed by atoms with E-state index in [1.807, 2.05) is 53.3 Å². The average molecular weight is 267 g/mol. The minimum Gasteiger partial charge on any atom is -0.379 e. The molecule has 3 aromatic rings. The van der Waals surface area contributed by atoms with E-state index in [0.29, 0.717) is 6.54 Å². The van der Waals surface area contributed by atoms with Crippen LogP contribution in [0.1, 0.15) is 5.69 Å². The van der Waals surface area contributed by atoms with Crippen molar-refractivity contribution >= 4 is 5.69 Å². The van der Waals surface area contributed by atoms with Crippen molar-refractivity contribution in [3.05, 3.63) is 78.4 Å². The summed E-state index contributed by atoms with van der Waals surface area (Å²) in [6.45, 7) is 0.559. The molecular weight excluding hydrogens is 253 g/mol. The Morgan fingerprint density at radius 1 is 1.00 bits per heavy atom. The largest absolute Gasteiger partial charge is 0.379 e. The molecule has 3 nitrogen and oxygen atoms in total. The minimum atomic E-state index is -0.246. The fraction of sp³-hybridized carbons (Fsp3) is 0.0625. The van der Waals surface area contributed by atoms with Gasteiger partial charge in [0.2, 0.25) is 0 Å². The molecule has 1 aromatic heterocycles. The van der Waals surface area contributed by atoms with Gasteiger partial charge in [-0.2, -0.15) is 5.10 Å². The van der Waals surface area contributed by atoms with E-state index in [1.165, 1.54) is 12.1 Å². The van der Waals surface area contributed by atoms with Gasteiger partial charge in [-0.15, -0.1) is 0 Å². The zero-order valence-corrected chi connectivity index (χ0v) is 10.8. The van der Waals surface area contributed by atoms with E-state index in [2.05, 4.69) is 10.4 Å². The van der Waals surface area contributed by atoms with Crippen molar-refractivity contribution in [3.8, 4) is 5.69 Å². The first-order chi connectivity index (χ1) is 9.81. The summed E-state index contributed by atoms with van der Waals surface area (Å²) in [7, 11) is 0. The molecule has 2 aromatic carbocycles. The molecule has 0 saturated heterocycles. The third-order valence-electron chi connectivity index (χ3n) is 2.96. The van der Waals surface area contributed by atoms with E-state index in [9.17, 15) is 4.39 Å². The second-order valence-corrected chi connectivity index (χ2v) is 4.45. The SMILES string of the molecule is Fc1cccc(NCc2ccn(-c3ccccc3)n2)c1. The van der Waals surface area contributed by atoms with Gasteiger partial charge < -0.3 is 5.32 Å². The number of para-hydroxylation sites is 1. The summed E-state index contributed by atoms with van der Waals surface area (Å²) in [4.78, 5) is 0. The molecule has 0 aliphatic rings. The van der Waals surface area contributed by atoms with Gasteiger partial charge in [0, 0.05) is 11.9 Å². The zero-order valence-electron chi connectivity index (χ0n) is 10.8. The van der Waals surface area contributed by atoms with Gasteiger partial charge in [-0.25, -0.2) is 9.07 Å². The van der Waals surface area contributed by atoms with Crippen LogP contribution in [-0.2, 0) is 6.54 Å². The van der Waals surface area contributed by atoms with Crippen LogP contribution in [0, 0.1) is 5.82 Å². The van der Waals surface area contributed by atoms with Gasteiger partial charge in [0.05, 0.1) is 17.9 Å². The molecule has 0 aliphatic carbocycles. The Bertz CT molecular complexity index is 692. The van der Waals surface area contributed by atoms with Crippen molar-refractivity contribution in [3.63, 3.8) is 0 Å². The third kappa shape index (κ3) is 2.85. The molecule has 0 aliphatic heterocycles. The fourth-order valence-electron chi connectivity index (χ4n) is 1.97. The molecular formula is C16H14FN3. The predicted octanol–water partition coefficient (Wildman–Crippen LogP) is 3.62. The summed E-state index contributed by atoms with van der Waals surface area (Å²) in [5.41, 5.74) is 2.67. The van der Waals surface area contributed by atoms with Crippen molar-refractivity contribution in [1.29, 1.82) is 0 Å². The Kier molecular flexibility index (Phi) is 3.46. The first-order valence-electron chi connectivity index (χ1n) is 6.41. The molecule has 0 atom stereocenters. The molecule has 0 fully saturated rings. The van der Waals surface area contributed by atoms with Crippen LogP contribution < -0.4 is 5.32 Å². The number of hydrogen-bond donors (Lipinski definition) is 1. The zero-order chi connectivity index (χ0) is 13.8. The van der Waals surface area contributed by atoms with Gasteiger partial charge in [0.15, 0.2) is 0 Å². The highest BCUT2D eigenvalue weighted by atomic mass is 19.1. The molecule has 4 heteroatoms. The lowest BCUT2D eigenvalue weighted by Crippen LogP contribution is -2.02. The van der Waals surface area contributed by atoms with E-state index in [0.717, 1.165) is 17.1 Å². The first kappa shape index (κ1) is 12.4. The maximum absolute atomic E-state index is 13.1. The van der Waals surface area contributed by atoms with E-state index < -0.39 is 0 Å². The van der Waals surface area contributed by atoms with Gasteiger partial charge in [-0.1, -0.05) is 24.3 Å². The van der Waals surface area contributed by atoms with Crippen LogP contribution in [0.25, 0.3) is 5.69 Å². The predicted molar refractivity (Wildman–Crippen MR) is 77.3 cm³/mol. The number of nitrogens with one attached hydrogen (secondary N) is 1. The average Bonchev–Trinajstić information content (AvgIpc) is 2.95. The van der Waals surface area contributed by atoms with Crippen molar-refractivity contribution in [2.45, 2.75) is 6.54 Å². The fourth-order valence-corrected chi connectivity index (χ4v) is 1.97. The van der Waals surface area contributed by atoms with Crippen LogP contribution >= 0.6 is 0 Å². The van der Waals surface area contributed by atoms with Crippen LogP contribution in [0.5, 0.6) is 0 Å². The summed E-state index contributed by atoms with van der Waals surface area (Å²) in [5, 5.41) is 7.63. The molecule has 1 heterocycles. The molecule has 0 unspecified atom stereocenters. The monoisotopic (exact) mass is 267 g/mol. The van der Waals surface area contributed by atoms with Gasteiger partial charge in [0.25, 0.3) is 0 Å². The summed E-state index contributed by atoms with van der Waals surface area (Å²) >= 11 is 0. The van der Waals surface area contributed by atoms with Crippen LogP contribution in [-0.4, -0.2) is 9.78 Å². The lowest BCUT2D eigenvalue weighted by atomic mass is 10.3. The maximum Gasteiger partial charge on any atom is 0.125 e. The highest BCUT2D eigenvalue weighted by molar-refractivity contribution is 5.43. The Morgan fingerprint density at radius 3 is 2.65 bits per heavy atom. The van der Waals surface area contributed by atoms with Crippen molar-refractivity contribution in [1.82, 2.24) is 9.78 Å². The molecule has 0 saturated carbocycles. The van der Waals surface area contributed by atoms with Gasteiger partial charge in [0.1, 0.15) is 5.82 Å². The first-order valence-corrected chi connectivity index (χ1v) is 6.41. The third-order valence-corrected chi connectivity index (χ3v) is 2.96. The normalized spacial score (nSPS) is 10.4. The second kappa shape index (κ2) is 5.57. The molecule has 20 heavy (non-hydrogen) atoms. The standard InChI is InChI=1S/C16H14FN3/c17-13-5-4-6-14(11-13)18-12-15-9-10-20(19-15)16-7-2-1-3-8-16/h1-11,18H,12H2. The molecule has 0 radical (unpaired) electrons.